The molecule has 0 saturated carbocycles. The first kappa shape index (κ1) is 12.6. The SMILES string of the molecule is C=CC(=O)OCCCNCCC(=O)O. The molecule has 80 valence electrons. The lowest BCUT2D eigenvalue weighted by atomic mass is 10.4. The molecule has 0 radical (unpaired) electrons. The van der Waals surface area contributed by atoms with Crippen LogP contribution < -0.4 is 5.32 Å². The summed E-state index contributed by atoms with van der Waals surface area (Å²) in [7, 11) is 0. The maximum absolute atomic E-state index is 10.6. The van der Waals surface area contributed by atoms with Gasteiger partial charge in [-0.05, 0) is 13.0 Å². The third-order valence-electron chi connectivity index (χ3n) is 1.42. The highest BCUT2D eigenvalue weighted by molar-refractivity contribution is 5.81. The average molecular weight is 201 g/mol. The highest BCUT2D eigenvalue weighted by Crippen LogP contribution is 1.84. The number of carbonyl (C=O) groups excluding carboxylic acids is 1. The van der Waals surface area contributed by atoms with Crippen LogP contribution in [-0.2, 0) is 14.3 Å². The summed E-state index contributed by atoms with van der Waals surface area (Å²) >= 11 is 0. The fourth-order valence-electron chi connectivity index (χ4n) is 0.749. The fraction of sp³-hybridized carbons (Fsp3) is 0.556. The van der Waals surface area contributed by atoms with E-state index in [0.29, 0.717) is 26.1 Å². The molecule has 0 bridgehead atoms. The van der Waals surface area contributed by atoms with Gasteiger partial charge in [0.25, 0.3) is 0 Å². The minimum Gasteiger partial charge on any atom is -0.481 e. The number of rotatable bonds is 8. The summed E-state index contributed by atoms with van der Waals surface area (Å²) in [5.74, 6) is -1.26. The van der Waals surface area contributed by atoms with E-state index in [2.05, 4.69) is 11.9 Å². The van der Waals surface area contributed by atoms with Crippen molar-refractivity contribution in [3.8, 4) is 0 Å². The molecule has 5 nitrogen and oxygen atoms in total. The van der Waals surface area contributed by atoms with Crippen LogP contribution in [0.1, 0.15) is 12.8 Å². The second-order valence-electron chi connectivity index (χ2n) is 2.62. The highest BCUT2D eigenvalue weighted by atomic mass is 16.5. The van der Waals surface area contributed by atoms with Gasteiger partial charge >= 0.3 is 11.9 Å². The van der Waals surface area contributed by atoms with E-state index in [1.165, 1.54) is 0 Å². The first-order chi connectivity index (χ1) is 6.66. The number of esters is 1. The molecule has 0 aliphatic heterocycles. The molecule has 5 heteroatoms. The van der Waals surface area contributed by atoms with Crippen LogP contribution in [0.2, 0.25) is 0 Å². The van der Waals surface area contributed by atoms with Crippen LogP contribution in [0.4, 0.5) is 0 Å². The first-order valence-electron chi connectivity index (χ1n) is 4.38. The molecule has 0 unspecified atom stereocenters. The normalized spacial score (nSPS) is 9.43. The van der Waals surface area contributed by atoms with E-state index in [1.54, 1.807) is 0 Å². The summed E-state index contributed by atoms with van der Waals surface area (Å²) in [4.78, 5) is 20.6. The zero-order valence-electron chi connectivity index (χ0n) is 7.99. The molecule has 0 aromatic rings. The van der Waals surface area contributed by atoms with E-state index in [4.69, 9.17) is 9.84 Å². The Morgan fingerprint density at radius 2 is 2.14 bits per heavy atom. The van der Waals surface area contributed by atoms with Gasteiger partial charge in [-0.2, -0.15) is 0 Å². The van der Waals surface area contributed by atoms with E-state index < -0.39 is 11.9 Å². The highest BCUT2D eigenvalue weighted by Gasteiger charge is 1.96. The van der Waals surface area contributed by atoms with E-state index in [9.17, 15) is 9.59 Å². The lowest BCUT2D eigenvalue weighted by molar-refractivity contribution is -0.138. The molecule has 0 aromatic heterocycles. The molecule has 0 heterocycles. The summed E-state index contributed by atoms with van der Waals surface area (Å²) in [6.45, 7) is 4.65. The van der Waals surface area contributed by atoms with Crippen molar-refractivity contribution in [1.29, 1.82) is 0 Å². The number of ether oxygens (including phenoxy) is 1. The number of hydrogen-bond donors (Lipinski definition) is 2. The molecule has 0 amide bonds. The van der Waals surface area contributed by atoms with Crippen molar-refractivity contribution >= 4 is 11.9 Å². The van der Waals surface area contributed by atoms with Crippen molar-refractivity contribution in [2.75, 3.05) is 19.7 Å². The summed E-state index contributed by atoms with van der Waals surface area (Å²) in [6, 6.07) is 0. The summed E-state index contributed by atoms with van der Waals surface area (Å²) in [6.07, 6.45) is 1.88. The number of carbonyl (C=O) groups is 2. The Balaban J connectivity index is 3.10. The second-order valence-corrected chi connectivity index (χ2v) is 2.62. The lowest BCUT2D eigenvalue weighted by Gasteiger charge is -2.03. The molecule has 0 fully saturated rings. The predicted molar refractivity (Wildman–Crippen MR) is 50.9 cm³/mol. The summed E-state index contributed by atoms with van der Waals surface area (Å²) in [5, 5.41) is 11.2. The van der Waals surface area contributed by atoms with E-state index in [1.807, 2.05) is 0 Å². The Hall–Kier alpha value is -1.36. The summed E-state index contributed by atoms with van der Waals surface area (Å²) < 4.78 is 4.71. The van der Waals surface area contributed by atoms with Gasteiger partial charge in [-0.3, -0.25) is 4.79 Å². The zero-order chi connectivity index (χ0) is 10.8. The van der Waals surface area contributed by atoms with Crippen LogP contribution in [0.5, 0.6) is 0 Å². The number of carboxylic acid groups (broad SMARTS) is 1. The number of aliphatic carboxylic acids is 1. The summed E-state index contributed by atoms with van der Waals surface area (Å²) in [5.41, 5.74) is 0. The van der Waals surface area contributed by atoms with Gasteiger partial charge in [0, 0.05) is 12.6 Å². The lowest BCUT2D eigenvalue weighted by Crippen LogP contribution is -2.20. The molecule has 0 aromatic carbocycles. The van der Waals surface area contributed by atoms with Crippen molar-refractivity contribution in [3.63, 3.8) is 0 Å². The van der Waals surface area contributed by atoms with Crippen LogP contribution in [0.15, 0.2) is 12.7 Å². The zero-order valence-corrected chi connectivity index (χ0v) is 7.99. The van der Waals surface area contributed by atoms with Gasteiger partial charge in [0.05, 0.1) is 13.0 Å². The minimum absolute atomic E-state index is 0.104. The van der Waals surface area contributed by atoms with E-state index in [-0.39, 0.29) is 6.42 Å². The quantitative estimate of drug-likeness (QED) is 0.332. The van der Waals surface area contributed by atoms with Gasteiger partial charge in [0.2, 0.25) is 0 Å². The van der Waals surface area contributed by atoms with Gasteiger partial charge < -0.3 is 15.2 Å². The Bertz CT molecular complexity index is 203. The Kier molecular flexibility index (Phi) is 7.45. The van der Waals surface area contributed by atoms with Gasteiger partial charge in [-0.1, -0.05) is 6.58 Å². The molecular weight excluding hydrogens is 186 g/mol. The van der Waals surface area contributed by atoms with E-state index in [0.717, 1.165) is 6.08 Å². The molecule has 2 N–H and O–H groups in total. The molecule has 0 atom stereocenters. The van der Waals surface area contributed by atoms with Crippen molar-refractivity contribution in [2.45, 2.75) is 12.8 Å². The molecule has 0 saturated heterocycles. The smallest absolute Gasteiger partial charge is 0.330 e. The van der Waals surface area contributed by atoms with Crippen LogP contribution >= 0.6 is 0 Å². The van der Waals surface area contributed by atoms with Crippen molar-refractivity contribution < 1.29 is 19.4 Å². The monoisotopic (exact) mass is 201 g/mol. The molecule has 0 aliphatic carbocycles. The Morgan fingerprint density at radius 3 is 2.71 bits per heavy atom. The van der Waals surface area contributed by atoms with Crippen LogP contribution in [0.3, 0.4) is 0 Å². The molecule has 14 heavy (non-hydrogen) atoms. The molecular formula is C9H15NO4. The largest absolute Gasteiger partial charge is 0.481 e. The molecule has 0 spiro atoms. The Labute approximate surface area is 82.7 Å². The fourth-order valence-corrected chi connectivity index (χ4v) is 0.749. The van der Waals surface area contributed by atoms with Crippen LogP contribution in [0, 0.1) is 0 Å². The van der Waals surface area contributed by atoms with Crippen molar-refractivity contribution in [3.05, 3.63) is 12.7 Å². The number of hydrogen-bond acceptors (Lipinski definition) is 4. The van der Waals surface area contributed by atoms with Gasteiger partial charge in [0.15, 0.2) is 0 Å². The van der Waals surface area contributed by atoms with Gasteiger partial charge in [-0.15, -0.1) is 0 Å². The van der Waals surface area contributed by atoms with Gasteiger partial charge in [-0.25, -0.2) is 4.79 Å². The molecule has 0 aliphatic rings. The van der Waals surface area contributed by atoms with E-state index >= 15 is 0 Å². The Morgan fingerprint density at radius 1 is 1.43 bits per heavy atom. The standard InChI is InChI=1S/C9H15NO4/c1-2-9(13)14-7-3-5-10-6-4-8(11)12/h2,10H,1,3-7H2,(H,11,12). The van der Waals surface area contributed by atoms with Gasteiger partial charge in [0.1, 0.15) is 0 Å². The van der Waals surface area contributed by atoms with Crippen LogP contribution in [-0.4, -0.2) is 36.7 Å². The molecule has 0 rings (SSSR count). The third kappa shape index (κ3) is 8.73. The predicted octanol–water partition coefficient (Wildman–Crippen LogP) is 0.170. The second kappa shape index (κ2) is 8.25. The van der Waals surface area contributed by atoms with Crippen molar-refractivity contribution in [1.82, 2.24) is 5.32 Å². The number of nitrogens with one attached hydrogen (secondary N) is 1. The van der Waals surface area contributed by atoms with Crippen molar-refractivity contribution in [2.24, 2.45) is 0 Å². The number of carboxylic acids is 1. The first-order valence-corrected chi connectivity index (χ1v) is 4.38. The maximum Gasteiger partial charge on any atom is 0.330 e. The third-order valence-corrected chi connectivity index (χ3v) is 1.42. The maximum atomic E-state index is 10.6. The topological polar surface area (TPSA) is 75.6 Å². The minimum atomic E-state index is -0.824. The average Bonchev–Trinajstić information content (AvgIpc) is 2.15. The van der Waals surface area contributed by atoms with Crippen LogP contribution in [0.25, 0.3) is 0 Å².